The fraction of sp³-hybridized carbons (Fsp3) is 0.733. The molecule has 0 spiro atoms. The van der Waals surface area contributed by atoms with E-state index in [0.717, 1.165) is 44.2 Å². The molecule has 0 aromatic carbocycles. The minimum absolute atomic E-state index is 0.317. The van der Waals surface area contributed by atoms with Gasteiger partial charge in [0.25, 0.3) is 0 Å². The van der Waals surface area contributed by atoms with Crippen molar-refractivity contribution in [3.63, 3.8) is 0 Å². The van der Waals surface area contributed by atoms with Crippen LogP contribution in [0.2, 0.25) is 0 Å². The van der Waals surface area contributed by atoms with Gasteiger partial charge < -0.3 is 14.5 Å². The van der Waals surface area contributed by atoms with Crippen LogP contribution in [0.3, 0.4) is 0 Å². The highest BCUT2D eigenvalue weighted by Crippen LogP contribution is 2.19. The monoisotopic (exact) mass is 266 g/mol. The maximum atomic E-state index is 5.79. The Hall–Kier alpha value is -0.840. The topological polar surface area (TPSA) is 37.6 Å². The molecule has 1 fully saturated rings. The highest BCUT2D eigenvalue weighted by atomic mass is 16.5. The average Bonchev–Trinajstić information content (AvgIpc) is 2.66. The van der Waals surface area contributed by atoms with E-state index < -0.39 is 0 Å². The molecule has 0 amide bonds. The normalized spacial score (nSPS) is 24.8. The van der Waals surface area contributed by atoms with E-state index in [0.29, 0.717) is 12.2 Å². The van der Waals surface area contributed by atoms with Crippen LogP contribution in [0.5, 0.6) is 0 Å². The molecule has 0 saturated carbocycles. The van der Waals surface area contributed by atoms with Crippen molar-refractivity contribution in [2.45, 2.75) is 53.0 Å². The van der Waals surface area contributed by atoms with Crippen LogP contribution in [-0.4, -0.2) is 36.7 Å². The van der Waals surface area contributed by atoms with Gasteiger partial charge in [-0.25, -0.2) is 0 Å². The molecule has 4 nitrogen and oxygen atoms in total. The van der Waals surface area contributed by atoms with Gasteiger partial charge in [0.15, 0.2) is 0 Å². The number of nitrogens with one attached hydrogen (secondary N) is 1. The molecule has 1 N–H and O–H groups in total. The zero-order valence-corrected chi connectivity index (χ0v) is 12.5. The molecule has 1 saturated heterocycles. The number of furan rings is 1. The van der Waals surface area contributed by atoms with Gasteiger partial charge in [-0.1, -0.05) is 6.92 Å². The Bertz CT molecular complexity index is 393. The molecule has 0 aliphatic carbocycles. The predicted molar refractivity (Wildman–Crippen MR) is 76.1 cm³/mol. The van der Waals surface area contributed by atoms with Gasteiger partial charge in [-0.2, -0.15) is 0 Å². The molecule has 1 aliphatic rings. The summed E-state index contributed by atoms with van der Waals surface area (Å²) in [5, 5.41) is 3.30. The van der Waals surface area contributed by atoms with E-state index in [1.54, 1.807) is 0 Å². The molecule has 2 rings (SSSR count). The summed E-state index contributed by atoms with van der Waals surface area (Å²) < 4.78 is 11.6. The first-order chi connectivity index (χ1) is 9.08. The summed E-state index contributed by atoms with van der Waals surface area (Å²) >= 11 is 0. The van der Waals surface area contributed by atoms with Gasteiger partial charge in [-0.05, 0) is 33.4 Å². The fourth-order valence-electron chi connectivity index (χ4n) is 2.73. The van der Waals surface area contributed by atoms with Crippen LogP contribution in [0.1, 0.15) is 37.9 Å². The summed E-state index contributed by atoms with van der Waals surface area (Å²) in [5.41, 5.74) is 1.30. The van der Waals surface area contributed by atoms with Gasteiger partial charge in [-0.3, -0.25) is 4.90 Å². The first-order valence-corrected chi connectivity index (χ1v) is 7.25. The van der Waals surface area contributed by atoms with Crippen molar-refractivity contribution in [1.29, 1.82) is 0 Å². The lowest BCUT2D eigenvalue weighted by Crippen LogP contribution is -2.44. The van der Waals surface area contributed by atoms with Crippen LogP contribution in [0.25, 0.3) is 0 Å². The average molecular weight is 266 g/mol. The van der Waals surface area contributed by atoms with Crippen molar-refractivity contribution in [2.75, 3.05) is 19.6 Å². The number of rotatable bonds is 5. The number of aryl methyl sites for hydroxylation is 1. The van der Waals surface area contributed by atoms with Crippen LogP contribution in [-0.2, 0) is 17.8 Å². The second kappa shape index (κ2) is 6.55. The standard InChI is InChI=1S/C15H26N2O2/c1-5-16-7-15-6-14(13(4)19-15)10-17-8-11(2)18-12(3)9-17/h6,11-12,16H,5,7-10H2,1-4H3/t11-,12+. The molecule has 19 heavy (non-hydrogen) atoms. The Morgan fingerprint density at radius 1 is 1.32 bits per heavy atom. The molecule has 0 radical (unpaired) electrons. The lowest BCUT2D eigenvalue weighted by Gasteiger charge is -2.35. The Balaban J connectivity index is 1.96. The first kappa shape index (κ1) is 14.6. The summed E-state index contributed by atoms with van der Waals surface area (Å²) in [5.74, 6) is 2.07. The van der Waals surface area contributed by atoms with E-state index >= 15 is 0 Å². The van der Waals surface area contributed by atoms with E-state index in [-0.39, 0.29) is 0 Å². The maximum Gasteiger partial charge on any atom is 0.118 e. The second-order valence-corrected chi connectivity index (χ2v) is 5.53. The Morgan fingerprint density at radius 2 is 2.00 bits per heavy atom. The van der Waals surface area contributed by atoms with Gasteiger partial charge in [0.1, 0.15) is 11.5 Å². The zero-order chi connectivity index (χ0) is 13.8. The lowest BCUT2D eigenvalue weighted by atomic mass is 10.2. The first-order valence-electron chi connectivity index (χ1n) is 7.25. The Morgan fingerprint density at radius 3 is 2.63 bits per heavy atom. The third-order valence-electron chi connectivity index (χ3n) is 3.51. The number of hydrogen-bond acceptors (Lipinski definition) is 4. The van der Waals surface area contributed by atoms with Crippen LogP contribution < -0.4 is 5.32 Å². The molecule has 1 aromatic heterocycles. The third kappa shape index (κ3) is 4.06. The molecular formula is C15H26N2O2. The lowest BCUT2D eigenvalue weighted by molar-refractivity contribution is -0.0705. The highest BCUT2D eigenvalue weighted by Gasteiger charge is 2.23. The van der Waals surface area contributed by atoms with E-state index in [4.69, 9.17) is 9.15 Å². The van der Waals surface area contributed by atoms with E-state index in [1.165, 1.54) is 5.56 Å². The molecular weight excluding hydrogens is 240 g/mol. The van der Waals surface area contributed by atoms with Crippen molar-refractivity contribution >= 4 is 0 Å². The number of nitrogens with zero attached hydrogens (tertiary/aromatic N) is 1. The molecule has 1 aliphatic heterocycles. The number of ether oxygens (including phenoxy) is 1. The molecule has 2 atom stereocenters. The molecule has 108 valence electrons. The summed E-state index contributed by atoms with van der Waals surface area (Å²) in [6.45, 7) is 13.2. The number of morpholine rings is 1. The van der Waals surface area contributed by atoms with Crippen molar-refractivity contribution < 1.29 is 9.15 Å². The van der Waals surface area contributed by atoms with E-state index in [9.17, 15) is 0 Å². The van der Waals surface area contributed by atoms with Crippen LogP contribution >= 0.6 is 0 Å². The predicted octanol–water partition coefficient (Wildman–Crippen LogP) is 2.31. The molecule has 1 aromatic rings. The summed E-state index contributed by atoms with van der Waals surface area (Å²) in [4.78, 5) is 2.45. The van der Waals surface area contributed by atoms with Crippen LogP contribution in [0.4, 0.5) is 0 Å². The highest BCUT2D eigenvalue weighted by molar-refractivity contribution is 5.20. The molecule has 0 bridgehead atoms. The Labute approximate surface area is 116 Å². The van der Waals surface area contributed by atoms with Crippen LogP contribution in [0, 0.1) is 6.92 Å². The second-order valence-electron chi connectivity index (χ2n) is 5.53. The smallest absolute Gasteiger partial charge is 0.118 e. The quantitative estimate of drug-likeness (QED) is 0.887. The van der Waals surface area contributed by atoms with Gasteiger partial charge in [0, 0.05) is 25.2 Å². The van der Waals surface area contributed by atoms with Gasteiger partial charge in [0.05, 0.1) is 18.8 Å². The van der Waals surface area contributed by atoms with Gasteiger partial charge in [-0.15, -0.1) is 0 Å². The van der Waals surface area contributed by atoms with Gasteiger partial charge in [0.2, 0.25) is 0 Å². The SMILES string of the molecule is CCNCc1cc(CN2C[C@@H](C)O[C@@H](C)C2)c(C)o1. The largest absolute Gasteiger partial charge is 0.465 e. The number of hydrogen-bond donors (Lipinski definition) is 1. The summed E-state index contributed by atoms with van der Waals surface area (Å²) in [6, 6.07) is 2.18. The van der Waals surface area contributed by atoms with E-state index in [1.807, 2.05) is 0 Å². The molecule has 0 unspecified atom stereocenters. The van der Waals surface area contributed by atoms with Gasteiger partial charge >= 0.3 is 0 Å². The van der Waals surface area contributed by atoms with Crippen LogP contribution in [0.15, 0.2) is 10.5 Å². The zero-order valence-electron chi connectivity index (χ0n) is 12.5. The molecule has 2 heterocycles. The minimum Gasteiger partial charge on any atom is -0.465 e. The third-order valence-corrected chi connectivity index (χ3v) is 3.51. The fourth-order valence-corrected chi connectivity index (χ4v) is 2.73. The minimum atomic E-state index is 0.317. The van der Waals surface area contributed by atoms with Crippen molar-refractivity contribution in [1.82, 2.24) is 10.2 Å². The maximum absolute atomic E-state index is 5.79. The van der Waals surface area contributed by atoms with Crippen molar-refractivity contribution in [3.05, 3.63) is 23.2 Å². The van der Waals surface area contributed by atoms with E-state index in [2.05, 4.69) is 44.0 Å². The van der Waals surface area contributed by atoms with Crippen molar-refractivity contribution in [3.8, 4) is 0 Å². The summed E-state index contributed by atoms with van der Waals surface area (Å²) in [7, 11) is 0. The van der Waals surface area contributed by atoms with Crippen molar-refractivity contribution in [2.24, 2.45) is 0 Å². The molecule has 4 heteroatoms. The Kier molecular flexibility index (Phi) is 5.02. The summed E-state index contributed by atoms with van der Waals surface area (Å²) in [6.07, 6.45) is 0.634.